The molecule has 1 aromatic carbocycles. The average molecular weight is 365 g/mol. The lowest BCUT2D eigenvalue weighted by molar-refractivity contribution is -0.123. The molecule has 1 amide bonds. The van der Waals surface area contributed by atoms with Gasteiger partial charge in [-0.1, -0.05) is 25.4 Å². The number of ether oxygens (including phenoxy) is 1. The van der Waals surface area contributed by atoms with E-state index in [-0.39, 0.29) is 18.6 Å². The average Bonchev–Trinajstić information content (AvgIpc) is 3.12. The van der Waals surface area contributed by atoms with Crippen molar-refractivity contribution < 1.29 is 13.9 Å². The van der Waals surface area contributed by atoms with E-state index in [0.29, 0.717) is 17.3 Å². The Balaban J connectivity index is 1.90. The first-order valence-electron chi connectivity index (χ1n) is 8.48. The summed E-state index contributed by atoms with van der Waals surface area (Å²) in [5.41, 5.74) is 0.900. The minimum Gasteiger partial charge on any atom is -0.484 e. The zero-order valence-electron chi connectivity index (χ0n) is 14.9. The number of halogens is 1. The van der Waals surface area contributed by atoms with Crippen LogP contribution in [0, 0.1) is 6.92 Å². The smallest absolute Gasteiger partial charge is 0.258 e. The first-order valence-corrected chi connectivity index (χ1v) is 8.86. The topological polar surface area (TPSA) is 54.7 Å². The van der Waals surface area contributed by atoms with Crippen molar-refractivity contribution >= 4 is 17.5 Å². The lowest BCUT2D eigenvalue weighted by atomic mass is 10.2. The molecule has 0 spiro atoms. The molecule has 0 aliphatic carbocycles. The van der Waals surface area contributed by atoms with Gasteiger partial charge in [0, 0.05) is 11.6 Å². The molecule has 0 aliphatic rings. The summed E-state index contributed by atoms with van der Waals surface area (Å²) in [5, 5.41) is 3.58. The lowest BCUT2D eigenvalue weighted by Gasteiger charge is -2.28. The van der Waals surface area contributed by atoms with Crippen LogP contribution in [0.15, 0.2) is 41.0 Å². The fraction of sp³-hybridized carbons (Fsp3) is 0.421. The second-order valence-electron chi connectivity index (χ2n) is 5.75. The molecule has 136 valence electrons. The predicted octanol–water partition coefficient (Wildman–Crippen LogP) is 3.82. The fourth-order valence-corrected chi connectivity index (χ4v) is 2.96. The molecule has 0 radical (unpaired) electrons. The Bertz CT molecular complexity index is 669. The highest BCUT2D eigenvalue weighted by atomic mass is 35.5. The van der Waals surface area contributed by atoms with E-state index in [2.05, 4.69) is 24.1 Å². The Morgan fingerprint density at radius 3 is 2.68 bits per heavy atom. The molecular formula is C19H25ClN2O3. The van der Waals surface area contributed by atoms with Crippen LogP contribution < -0.4 is 10.1 Å². The van der Waals surface area contributed by atoms with Gasteiger partial charge in [0.2, 0.25) is 0 Å². The third kappa shape index (κ3) is 5.51. The van der Waals surface area contributed by atoms with Crippen molar-refractivity contribution in [1.82, 2.24) is 10.2 Å². The van der Waals surface area contributed by atoms with Gasteiger partial charge in [-0.15, -0.1) is 0 Å². The van der Waals surface area contributed by atoms with E-state index in [1.165, 1.54) is 0 Å². The number of nitrogens with zero attached hydrogens (tertiary/aromatic N) is 1. The summed E-state index contributed by atoms with van der Waals surface area (Å²) < 4.78 is 11.1. The van der Waals surface area contributed by atoms with Crippen molar-refractivity contribution in [3.8, 4) is 5.75 Å². The standard InChI is InChI=1S/C19H25ClN2O3/c1-4-22(5-2)16(18-7-6-10-24-18)12-21-19(23)13-25-17-9-8-15(20)11-14(17)3/h6-11,16H,4-5,12-13H2,1-3H3,(H,21,23). The maximum atomic E-state index is 12.2. The lowest BCUT2D eigenvalue weighted by Crippen LogP contribution is -2.39. The van der Waals surface area contributed by atoms with Gasteiger partial charge in [-0.05, 0) is 55.9 Å². The largest absolute Gasteiger partial charge is 0.484 e. The highest BCUT2D eigenvalue weighted by Gasteiger charge is 2.21. The van der Waals surface area contributed by atoms with Gasteiger partial charge in [-0.3, -0.25) is 9.69 Å². The Morgan fingerprint density at radius 2 is 2.08 bits per heavy atom. The van der Waals surface area contributed by atoms with Gasteiger partial charge in [0.15, 0.2) is 6.61 Å². The van der Waals surface area contributed by atoms with Gasteiger partial charge >= 0.3 is 0 Å². The molecule has 1 aromatic heterocycles. The molecule has 0 fully saturated rings. The maximum absolute atomic E-state index is 12.2. The molecule has 1 N–H and O–H groups in total. The summed E-state index contributed by atoms with van der Waals surface area (Å²) in [6.45, 7) is 8.26. The third-order valence-corrected chi connectivity index (χ3v) is 4.35. The first-order chi connectivity index (χ1) is 12.0. The van der Waals surface area contributed by atoms with Crippen molar-refractivity contribution in [3.63, 3.8) is 0 Å². The number of furan rings is 1. The Hall–Kier alpha value is -1.98. The van der Waals surface area contributed by atoms with Gasteiger partial charge in [0.05, 0.1) is 12.3 Å². The molecule has 2 aromatic rings. The van der Waals surface area contributed by atoms with Crippen LogP contribution in [0.4, 0.5) is 0 Å². The minimum absolute atomic E-state index is 0.00576. The molecule has 1 unspecified atom stereocenters. The van der Waals surface area contributed by atoms with Crippen LogP contribution in [-0.2, 0) is 4.79 Å². The molecule has 1 atom stereocenters. The van der Waals surface area contributed by atoms with E-state index >= 15 is 0 Å². The summed E-state index contributed by atoms with van der Waals surface area (Å²) in [4.78, 5) is 14.4. The fourth-order valence-electron chi connectivity index (χ4n) is 2.73. The molecule has 0 saturated heterocycles. The molecule has 0 saturated carbocycles. The van der Waals surface area contributed by atoms with Crippen molar-refractivity contribution in [2.75, 3.05) is 26.2 Å². The summed E-state index contributed by atoms with van der Waals surface area (Å²) in [6.07, 6.45) is 1.65. The first kappa shape index (κ1) is 19.3. The monoisotopic (exact) mass is 364 g/mol. The van der Waals surface area contributed by atoms with E-state index in [9.17, 15) is 4.79 Å². The van der Waals surface area contributed by atoms with Crippen LogP contribution in [-0.4, -0.2) is 37.0 Å². The van der Waals surface area contributed by atoms with Crippen molar-refractivity contribution in [3.05, 3.63) is 52.9 Å². The molecule has 25 heavy (non-hydrogen) atoms. The number of amides is 1. The number of carbonyl (C=O) groups is 1. The molecule has 0 bridgehead atoms. The summed E-state index contributed by atoms with van der Waals surface area (Å²) >= 11 is 5.92. The van der Waals surface area contributed by atoms with Gasteiger partial charge < -0.3 is 14.5 Å². The van der Waals surface area contributed by atoms with Crippen molar-refractivity contribution in [2.45, 2.75) is 26.8 Å². The van der Waals surface area contributed by atoms with E-state index in [1.54, 1.807) is 18.4 Å². The predicted molar refractivity (Wildman–Crippen MR) is 99.1 cm³/mol. The number of nitrogens with one attached hydrogen (secondary N) is 1. The number of benzene rings is 1. The maximum Gasteiger partial charge on any atom is 0.258 e. The number of hydrogen-bond donors (Lipinski definition) is 1. The molecule has 6 heteroatoms. The molecular weight excluding hydrogens is 340 g/mol. The van der Waals surface area contributed by atoms with E-state index in [1.807, 2.05) is 25.1 Å². The van der Waals surface area contributed by atoms with Crippen LogP contribution in [0.5, 0.6) is 5.75 Å². The van der Waals surface area contributed by atoms with Crippen LogP contribution in [0.2, 0.25) is 5.02 Å². The normalized spacial score (nSPS) is 12.2. The zero-order chi connectivity index (χ0) is 18.2. The van der Waals surface area contributed by atoms with Gasteiger partial charge in [-0.25, -0.2) is 0 Å². The molecule has 0 aliphatic heterocycles. The zero-order valence-corrected chi connectivity index (χ0v) is 15.7. The highest BCUT2D eigenvalue weighted by Crippen LogP contribution is 2.22. The van der Waals surface area contributed by atoms with E-state index < -0.39 is 0 Å². The van der Waals surface area contributed by atoms with Crippen molar-refractivity contribution in [1.29, 1.82) is 0 Å². The number of hydrogen-bond acceptors (Lipinski definition) is 4. The minimum atomic E-state index is -0.168. The van der Waals surface area contributed by atoms with Crippen LogP contribution in [0.3, 0.4) is 0 Å². The number of aryl methyl sites for hydroxylation is 1. The molecule has 5 nitrogen and oxygen atoms in total. The molecule has 2 rings (SSSR count). The summed E-state index contributed by atoms with van der Waals surface area (Å²) in [7, 11) is 0. The van der Waals surface area contributed by atoms with Crippen molar-refractivity contribution in [2.24, 2.45) is 0 Å². The van der Waals surface area contributed by atoms with Gasteiger partial charge in [0.1, 0.15) is 11.5 Å². The van der Waals surface area contributed by atoms with E-state index in [4.69, 9.17) is 20.8 Å². The van der Waals surface area contributed by atoms with Gasteiger partial charge in [0.25, 0.3) is 5.91 Å². The quantitative estimate of drug-likeness (QED) is 0.735. The molecule has 1 heterocycles. The summed E-state index contributed by atoms with van der Waals surface area (Å²) in [5.74, 6) is 1.34. The third-order valence-electron chi connectivity index (χ3n) is 4.11. The second kappa shape index (κ2) is 9.49. The van der Waals surface area contributed by atoms with E-state index in [0.717, 1.165) is 24.4 Å². The number of likely N-dealkylation sites (N-methyl/N-ethyl adjacent to an activating group) is 1. The number of carbonyl (C=O) groups excluding carboxylic acids is 1. The Labute approximate surface area is 153 Å². The highest BCUT2D eigenvalue weighted by molar-refractivity contribution is 6.30. The van der Waals surface area contributed by atoms with Crippen LogP contribution in [0.1, 0.15) is 31.2 Å². The summed E-state index contributed by atoms with van der Waals surface area (Å²) in [6, 6.07) is 9.12. The number of rotatable bonds is 9. The SMILES string of the molecule is CCN(CC)C(CNC(=O)COc1ccc(Cl)cc1C)c1ccco1. The van der Waals surface area contributed by atoms with Gasteiger partial charge in [-0.2, -0.15) is 0 Å². The Kier molecular flexibility index (Phi) is 7.34. The Morgan fingerprint density at radius 1 is 1.32 bits per heavy atom. The van der Waals surface area contributed by atoms with Crippen LogP contribution >= 0.6 is 11.6 Å². The second-order valence-corrected chi connectivity index (χ2v) is 6.19. The van der Waals surface area contributed by atoms with Crippen LogP contribution in [0.25, 0.3) is 0 Å².